The Labute approximate surface area is 114 Å². The minimum Gasteiger partial charge on any atom is -0.333 e. The van der Waals surface area contributed by atoms with Crippen molar-refractivity contribution in [2.75, 3.05) is 0 Å². The summed E-state index contributed by atoms with van der Waals surface area (Å²) in [4.78, 5) is 21.9. The highest BCUT2D eigenvalue weighted by Gasteiger charge is 2.14. The Balaban J connectivity index is 2.40. The van der Waals surface area contributed by atoms with Crippen LogP contribution in [0.5, 0.6) is 0 Å². The van der Waals surface area contributed by atoms with E-state index in [1.54, 1.807) is 12.1 Å². The molecule has 5 nitrogen and oxygen atoms in total. The molecular weight excluding hydrogens is 256 g/mol. The SMILES string of the molecule is CC(=O)Cn1c2ccccc2c2cc([N+](=O)[O-])ccc21. The van der Waals surface area contributed by atoms with E-state index in [9.17, 15) is 14.9 Å². The third-order valence-corrected chi connectivity index (χ3v) is 3.35. The lowest BCUT2D eigenvalue weighted by atomic mass is 10.1. The van der Waals surface area contributed by atoms with Crippen LogP contribution in [-0.2, 0) is 11.3 Å². The number of hydrogen-bond acceptors (Lipinski definition) is 3. The largest absolute Gasteiger partial charge is 0.333 e. The molecule has 20 heavy (non-hydrogen) atoms. The first kappa shape index (κ1) is 12.3. The normalized spacial score (nSPS) is 11.1. The summed E-state index contributed by atoms with van der Waals surface area (Å²) in [7, 11) is 0. The van der Waals surface area contributed by atoms with E-state index in [0.717, 1.165) is 21.8 Å². The Morgan fingerprint density at radius 1 is 1.15 bits per heavy atom. The van der Waals surface area contributed by atoms with E-state index in [1.807, 2.05) is 28.8 Å². The van der Waals surface area contributed by atoms with Crippen molar-refractivity contribution in [2.45, 2.75) is 13.5 Å². The minimum atomic E-state index is -0.406. The van der Waals surface area contributed by atoms with Gasteiger partial charge in [0.25, 0.3) is 5.69 Å². The van der Waals surface area contributed by atoms with E-state index in [4.69, 9.17) is 0 Å². The minimum absolute atomic E-state index is 0.0472. The number of Topliss-reactive ketones (excluding diaryl/α,β-unsaturated/α-hetero) is 1. The molecule has 0 saturated carbocycles. The molecule has 0 N–H and O–H groups in total. The van der Waals surface area contributed by atoms with Crippen molar-refractivity contribution in [3.63, 3.8) is 0 Å². The number of carbonyl (C=O) groups excluding carboxylic acids is 1. The number of nitrogens with zero attached hydrogens (tertiary/aromatic N) is 2. The van der Waals surface area contributed by atoms with Crippen LogP contribution in [0.15, 0.2) is 42.5 Å². The summed E-state index contributed by atoms with van der Waals surface area (Å²) in [6.45, 7) is 1.80. The summed E-state index contributed by atoms with van der Waals surface area (Å²) < 4.78 is 1.90. The highest BCUT2D eigenvalue weighted by Crippen LogP contribution is 2.31. The van der Waals surface area contributed by atoms with Gasteiger partial charge in [0, 0.05) is 28.4 Å². The number of hydrogen-bond donors (Lipinski definition) is 0. The summed E-state index contributed by atoms with van der Waals surface area (Å²) in [5.41, 5.74) is 1.81. The fourth-order valence-corrected chi connectivity index (χ4v) is 2.55. The molecular formula is C15H12N2O3. The lowest BCUT2D eigenvalue weighted by molar-refractivity contribution is -0.384. The van der Waals surface area contributed by atoms with Crippen LogP contribution in [0.25, 0.3) is 21.8 Å². The van der Waals surface area contributed by atoms with Crippen LogP contribution in [-0.4, -0.2) is 15.3 Å². The van der Waals surface area contributed by atoms with Gasteiger partial charge in [-0.05, 0) is 19.1 Å². The third kappa shape index (κ3) is 1.84. The van der Waals surface area contributed by atoms with E-state index in [0.29, 0.717) is 0 Å². The number of ketones is 1. The first-order chi connectivity index (χ1) is 9.58. The summed E-state index contributed by atoms with van der Waals surface area (Å²) in [5, 5.41) is 12.6. The molecule has 0 amide bonds. The Kier molecular flexibility index (Phi) is 2.75. The zero-order chi connectivity index (χ0) is 14.3. The van der Waals surface area contributed by atoms with Crippen molar-refractivity contribution in [2.24, 2.45) is 0 Å². The molecule has 3 rings (SSSR count). The average molecular weight is 268 g/mol. The van der Waals surface area contributed by atoms with Gasteiger partial charge >= 0.3 is 0 Å². The monoisotopic (exact) mass is 268 g/mol. The van der Waals surface area contributed by atoms with Crippen molar-refractivity contribution in [3.05, 3.63) is 52.6 Å². The maximum atomic E-state index is 11.4. The van der Waals surface area contributed by atoms with E-state index < -0.39 is 4.92 Å². The van der Waals surface area contributed by atoms with Crippen LogP contribution >= 0.6 is 0 Å². The van der Waals surface area contributed by atoms with Crippen molar-refractivity contribution in [1.29, 1.82) is 0 Å². The fourth-order valence-electron chi connectivity index (χ4n) is 2.55. The zero-order valence-electron chi connectivity index (χ0n) is 10.9. The van der Waals surface area contributed by atoms with Crippen LogP contribution in [0, 0.1) is 10.1 Å². The van der Waals surface area contributed by atoms with Crippen molar-refractivity contribution < 1.29 is 9.72 Å². The summed E-state index contributed by atoms with van der Waals surface area (Å²) in [6.07, 6.45) is 0. The van der Waals surface area contributed by atoms with E-state index >= 15 is 0 Å². The molecule has 5 heteroatoms. The molecule has 100 valence electrons. The Bertz CT molecular complexity index is 849. The van der Waals surface area contributed by atoms with Crippen LogP contribution in [0.3, 0.4) is 0 Å². The van der Waals surface area contributed by atoms with Crippen LogP contribution in [0.4, 0.5) is 5.69 Å². The molecule has 0 bridgehead atoms. The molecule has 0 aliphatic carbocycles. The maximum Gasteiger partial charge on any atom is 0.270 e. The van der Waals surface area contributed by atoms with Gasteiger partial charge in [-0.1, -0.05) is 18.2 Å². The number of non-ortho nitro benzene ring substituents is 1. The highest BCUT2D eigenvalue weighted by atomic mass is 16.6. The molecule has 0 saturated heterocycles. The van der Waals surface area contributed by atoms with Gasteiger partial charge in [-0.3, -0.25) is 14.9 Å². The topological polar surface area (TPSA) is 65.1 Å². The lowest BCUT2D eigenvalue weighted by Crippen LogP contribution is -2.05. The molecule has 2 aromatic carbocycles. The van der Waals surface area contributed by atoms with E-state index in [1.165, 1.54) is 13.0 Å². The lowest BCUT2D eigenvalue weighted by Gasteiger charge is -2.03. The van der Waals surface area contributed by atoms with E-state index in [-0.39, 0.29) is 18.0 Å². The first-order valence-electron chi connectivity index (χ1n) is 6.23. The van der Waals surface area contributed by atoms with Gasteiger partial charge < -0.3 is 4.57 Å². The maximum absolute atomic E-state index is 11.4. The van der Waals surface area contributed by atoms with Gasteiger partial charge in [0.2, 0.25) is 0 Å². The standard InChI is InChI=1S/C15H12N2O3/c1-10(18)9-16-14-5-3-2-4-12(14)13-8-11(17(19)20)6-7-15(13)16/h2-8H,9H2,1H3. The Hall–Kier alpha value is -2.69. The number of fused-ring (bicyclic) bond motifs is 3. The number of nitro groups is 1. The Morgan fingerprint density at radius 2 is 1.85 bits per heavy atom. The van der Waals surface area contributed by atoms with E-state index in [2.05, 4.69) is 0 Å². The first-order valence-corrected chi connectivity index (χ1v) is 6.23. The zero-order valence-corrected chi connectivity index (χ0v) is 10.9. The van der Waals surface area contributed by atoms with Gasteiger partial charge in [0.05, 0.1) is 17.0 Å². The van der Waals surface area contributed by atoms with Gasteiger partial charge in [-0.2, -0.15) is 0 Å². The smallest absolute Gasteiger partial charge is 0.270 e. The fraction of sp³-hybridized carbons (Fsp3) is 0.133. The molecule has 0 spiro atoms. The molecule has 0 unspecified atom stereocenters. The van der Waals surface area contributed by atoms with Gasteiger partial charge in [0.15, 0.2) is 0 Å². The molecule has 3 aromatic rings. The number of rotatable bonds is 3. The number of nitro benzene ring substituents is 1. The second kappa shape index (κ2) is 4.45. The molecule has 0 aliphatic heterocycles. The summed E-state index contributed by atoms with van der Waals surface area (Å²) in [6, 6.07) is 12.4. The molecule has 0 atom stereocenters. The number of para-hydroxylation sites is 1. The van der Waals surface area contributed by atoms with Crippen LogP contribution < -0.4 is 0 Å². The molecule has 1 heterocycles. The molecule has 1 aromatic heterocycles. The van der Waals surface area contributed by atoms with Gasteiger partial charge in [-0.15, -0.1) is 0 Å². The number of benzene rings is 2. The molecule has 0 aliphatic rings. The quantitative estimate of drug-likeness (QED) is 0.540. The predicted molar refractivity (Wildman–Crippen MR) is 76.8 cm³/mol. The predicted octanol–water partition coefficient (Wildman–Crippen LogP) is 3.29. The van der Waals surface area contributed by atoms with Gasteiger partial charge in [-0.25, -0.2) is 0 Å². The van der Waals surface area contributed by atoms with Crippen molar-refractivity contribution in [1.82, 2.24) is 4.57 Å². The Morgan fingerprint density at radius 3 is 2.55 bits per heavy atom. The second-order valence-corrected chi connectivity index (χ2v) is 4.76. The average Bonchev–Trinajstić information content (AvgIpc) is 2.73. The molecule has 0 fully saturated rings. The number of aromatic nitrogens is 1. The van der Waals surface area contributed by atoms with Crippen molar-refractivity contribution in [3.8, 4) is 0 Å². The third-order valence-electron chi connectivity index (χ3n) is 3.35. The summed E-state index contributed by atoms with van der Waals surface area (Å²) in [5.74, 6) is 0.0472. The highest BCUT2D eigenvalue weighted by molar-refractivity contribution is 6.09. The second-order valence-electron chi connectivity index (χ2n) is 4.76. The van der Waals surface area contributed by atoms with Crippen LogP contribution in [0.1, 0.15) is 6.92 Å². The van der Waals surface area contributed by atoms with Crippen LogP contribution in [0.2, 0.25) is 0 Å². The summed E-state index contributed by atoms with van der Waals surface area (Å²) >= 11 is 0. The van der Waals surface area contributed by atoms with Gasteiger partial charge in [0.1, 0.15) is 5.78 Å². The number of carbonyl (C=O) groups is 1. The molecule has 0 radical (unpaired) electrons. The van der Waals surface area contributed by atoms with Crippen molar-refractivity contribution >= 4 is 33.3 Å².